The second-order valence-electron chi connectivity index (χ2n) is 8.56. The number of aliphatic carboxylic acids is 3. The highest BCUT2D eigenvalue weighted by Crippen LogP contribution is 2.06. The van der Waals surface area contributed by atoms with Gasteiger partial charge < -0.3 is 59.9 Å². The molecule has 0 aromatic rings. The first-order valence-corrected chi connectivity index (χ1v) is 12.1. The number of nitrogens with two attached hydrogens (primary N) is 5. The van der Waals surface area contributed by atoms with Crippen LogP contribution >= 0.6 is 0 Å². The van der Waals surface area contributed by atoms with Gasteiger partial charge in [-0.2, -0.15) is 0 Å². The van der Waals surface area contributed by atoms with E-state index in [0.29, 0.717) is 0 Å². The molecule has 16 N–H and O–H groups in total. The second kappa shape index (κ2) is 18.6. The van der Waals surface area contributed by atoms with Crippen molar-refractivity contribution < 1.29 is 44.1 Å². The van der Waals surface area contributed by atoms with E-state index in [0.717, 1.165) is 0 Å². The normalized spacial score (nSPS) is 13.4. The van der Waals surface area contributed by atoms with E-state index in [1.54, 1.807) is 0 Å². The Labute approximate surface area is 229 Å². The van der Waals surface area contributed by atoms with Crippen LogP contribution in [0.4, 0.5) is 0 Å². The van der Waals surface area contributed by atoms with Crippen LogP contribution in [0.1, 0.15) is 44.9 Å². The van der Waals surface area contributed by atoms with Gasteiger partial charge in [0, 0.05) is 19.5 Å². The van der Waals surface area contributed by atoms with Crippen molar-refractivity contribution in [3.05, 3.63) is 0 Å². The van der Waals surface area contributed by atoms with Crippen LogP contribution in [0.2, 0.25) is 0 Å². The summed E-state index contributed by atoms with van der Waals surface area (Å²) in [5.74, 6) is -7.35. The van der Waals surface area contributed by atoms with Gasteiger partial charge in [0.15, 0.2) is 11.9 Å². The number of nitrogens with zero attached hydrogens (tertiary/aromatic N) is 2. The number of carbonyl (C=O) groups is 6. The minimum absolute atomic E-state index is 0.0617. The van der Waals surface area contributed by atoms with Crippen molar-refractivity contribution in [2.75, 3.05) is 13.1 Å². The number of amides is 3. The Morgan fingerprint density at radius 1 is 0.625 bits per heavy atom. The van der Waals surface area contributed by atoms with Gasteiger partial charge in [-0.15, -0.1) is 0 Å². The molecule has 0 saturated carbocycles. The molecular weight excluding hydrogens is 536 g/mol. The Balaban J connectivity index is 5.70. The highest BCUT2D eigenvalue weighted by atomic mass is 16.4. The zero-order valence-corrected chi connectivity index (χ0v) is 21.7. The Hall–Kier alpha value is -4.68. The lowest BCUT2D eigenvalue weighted by atomic mass is 10.1. The molecule has 0 aromatic heterocycles. The highest BCUT2D eigenvalue weighted by Gasteiger charge is 2.30. The van der Waals surface area contributed by atoms with Crippen molar-refractivity contribution in [2.45, 2.75) is 69.1 Å². The molecule has 0 aliphatic heterocycles. The van der Waals surface area contributed by atoms with Crippen LogP contribution in [0.25, 0.3) is 0 Å². The maximum absolute atomic E-state index is 13.1. The Kier molecular flexibility index (Phi) is 16.4. The molecule has 0 spiro atoms. The molecule has 0 aliphatic rings. The predicted octanol–water partition coefficient (Wildman–Crippen LogP) is -4.70. The summed E-state index contributed by atoms with van der Waals surface area (Å²) < 4.78 is 0. The topological polar surface area (TPSA) is 354 Å². The minimum Gasteiger partial charge on any atom is -0.481 e. The van der Waals surface area contributed by atoms with Crippen LogP contribution in [-0.4, -0.2) is 100 Å². The van der Waals surface area contributed by atoms with E-state index < -0.39 is 79.1 Å². The number of carboxylic acids is 3. The SMILES string of the molecule is NC(N)=NCCCC(NC(=O)C(CCC(=O)O)NC(=O)C(CCCN=C(N)N)NC(=O)C(N)CC(=O)O)C(=O)O. The Morgan fingerprint density at radius 2 is 1.05 bits per heavy atom. The van der Waals surface area contributed by atoms with Crippen LogP contribution < -0.4 is 44.6 Å². The summed E-state index contributed by atoms with van der Waals surface area (Å²) in [6.45, 7) is 0.151. The van der Waals surface area contributed by atoms with Crippen LogP contribution in [0, 0.1) is 0 Å². The summed E-state index contributed by atoms with van der Waals surface area (Å²) in [7, 11) is 0. The summed E-state index contributed by atoms with van der Waals surface area (Å²) in [6.07, 6.45) is -1.52. The van der Waals surface area contributed by atoms with E-state index in [-0.39, 0.29) is 50.7 Å². The fourth-order valence-corrected chi connectivity index (χ4v) is 3.17. The Morgan fingerprint density at radius 3 is 1.48 bits per heavy atom. The number of guanidine groups is 2. The third-order valence-corrected chi connectivity index (χ3v) is 5.15. The van der Waals surface area contributed by atoms with Crippen molar-refractivity contribution in [1.82, 2.24) is 16.0 Å². The largest absolute Gasteiger partial charge is 0.481 e. The van der Waals surface area contributed by atoms with Gasteiger partial charge in [-0.25, -0.2) is 4.79 Å². The van der Waals surface area contributed by atoms with Crippen molar-refractivity contribution in [1.29, 1.82) is 0 Å². The lowest BCUT2D eigenvalue weighted by molar-refractivity contribution is -0.143. The molecule has 4 atom stereocenters. The van der Waals surface area contributed by atoms with Gasteiger partial charge in [-0.05, 0) is 32.1 Å². The van der Waals surface area contributed by atoms with Crippen LogP contribution in [0.3, 0.4) is 0 Å². The summed E-state index contributed by atoms with van der Waals surface area (Å²) in [4.78, 5) is 79.4. The number of aliphatic imine (C=N–C) groups is 2. The summed E-state index contributed by atoms with van der Waals surface area (Å²) >= 11 is 0. The van der Waals surface area contributed by atoms with Gasteiger partial charge in [0.2, 0.25) is 17.7 Å². The zero-order valence-electron chi connectivity index (χ0n) is 21.7. The predicted molar refractivity (Wildman–Crippen MR) is 140 cm³/mol. The van der Waals surface area contributed by atoms with Gasteiger partial charge in [-0.1, -0.05) is 0 Å². The molecule has 0 aromatic carbocycles. The number of rotatable bonds is 20. The fourth-order valence-electron chi connectivity index (χ4n) is 3.17. The molecule has 0 bridgehead atoms. The summed E-state index contributed by atoms with van der Waals surface area (Å²) in [6, 6.07) is -5.76. The monoisotopic (exact) mass is 574 g/mol. The molecule has 0 fully saturated rings. The van der Waals surface area contributed by atoms with Gasteiger partial charge >= 0.3 is 17.9 Å². The highest BCUT2D eigenvalue weighted by molar-refractivity contribution is 5.94. The lowest BCUT2D eigenvalue weighted by Gasteiger charge is -2.25. The zero-order chi connectivity index (χ0) is 30.8. The van der Waals surface area contributed by atoms with Gasteiger partial charge in [0.05, 0.1) is 12.5 Å². The molecule has 226 valence electrons. The first kappa shape index (κ1) is 35.3. The smallest absolute Gasteiger partial charge is 0.326 e. The van der Waals surface area contributed by atoms with Crippen molar-refractivity contribution in [3.63, 3.8) is 0 Å². The average Bonchev–Trinajstić information content (AvgIpc) is 2.83. The van der Waals surface area contributed by atoms with Crippen LogP contribution in [0.5, 0.6) is 0 Å². The number of carboxylic acid groups (broad SMARTS) is 3. The molecule has 0 saturated heterocycles. The van der Waals surface area contributed by atoms with E-state index in [9.17, 15) is 33.9 Å². The first-order chi connectivity index (χ1) is 18.6. The lowest BCUT2D eigenvalue weighted by Crippen LogP contribution is -2.57. The second-order valence-corrected chi connectivity index (χ2v) is 8.56. The standard InChI is InChI=1S/C21H38N10O9/c22-10(9-15(34)35)16(36)29-11(3-1-7-27-20(23)24)17(37)30-12(5-6-14(32)33)18(38)31-13(19(39)40)4-2-8-28-21(25)26/h10-13H,1-9,22H2,(H,29,36)(H,30,37)(H,31,38)(H,32,33)(H,34,35)(H,39,40)(H4,23,24,27)(H4,25,26,28). The molecule has 0 radical (unpaired) electrons. The van der Waals surface area contributed by atoms with Gasteiger partial charge in [0.1, 0.15) is 18.1 Å². The molecule has 40 heavy (non-hydrogen) atoms. The molecule has 0 heterocycles. The van der Waals surface area contributed by atoms with E-state index >= 15 is 0 Å². The molecule has 19 heteroatoms. The molecule has 3 amide bonds. The Bertz CT molecular complexity index is 965. The van der Waals surface area contributed by atoms with E-state index in [1.165, 1.54) is 0 Å². The summed E-state index contributed by atoms with van der Waals surface area (Å²) in [5.41, 5.74) is 26.5. The van der Waals surface area contributed by atoms with Gasteiger partial charge in [0.25, 0.3) is 0 Å². The third kappa shape index (κ3) is 16.2. The molecule has 0 rings (SSSR count). The fraction of sp³-hybridized carbons (Fsp3) is 0.619. The average molecular weight is 575 g/mol. The van der Waals surface area contributed by atoms with Crippen LogP contribution in [-0.2, 0) is 28.8 Å². The van der Waals surface area contributed by atoms with E-state index in [2.05, 4.69) is 25.9 Å². The maximum atomic E-state index is 13.1. The van der Waals surface area contributed by atoms with E-state index in [1.807, 2.05) is 0 Å². The molecule has 19 nitrogen and oxygen atoms in total. The quantitative estimate of drug-likeness (QED) is 0.0369. The number of carbonyl (C=O) groups excluding carboxylic acids is 3. The van der Waals surface area contributed by atoms with Gasteiger partial charge in [-0.3, -0.25) is 34.0 Å². The number of hydrogen-bond acceptors (Lipinski definition) is 9. The van der Waals surface area contributed by atoms with Crippen LogP contribution in [0.15, 0.2) is 9.98 Å². The third-order valence-electron chi connectivity index (χ3n) is 5.15. The number of nitrogens with one attached hydrogen (secondary N) is 3. The minimum atomic E-state index is -1.51. The molecule has 0 aliphatic carbocycles. The molecule has 4 unspecified atom stereocenters. The van der Waals surface area contributed by atoms with Crippen molar-refractivity contribution in [3.8, 4) is 0 Å². The molecular formula is C21H38N10O9. The van der Waals surface area contributed by atoms with E-state index in [4.69, 9.17) is 38.9 Å². The maximum Gasteiger partial charge on any atom is 0.326 e. The number of hydrogen-bond donors (Lipinski definition) is 11. The summed E-state index contributed by atoms with van der Waals surface area (Å²) in [5, 5.41) is 34.2. The van der Waals surface area contributed by atoms with Crippen molar-refractivity contribution in [2.24, 2.45) is 38.7 Å². The van der Waals surface area contributed by atoms with Crippen molar-refractivity contribution >= 4 is 47.5 Å². The first-order valence-electron chi connectivity index (χ1n) is 12.1.